The molecule has 4 atom stereocenters. The first-order chi connectivity index (χ1) is 12.6. The molecule has 5 heteroatoms. The Morgan fingerprint density at radius 2 is 1.88 bits per heavy atom. The molecular weight excluding hydrogens is 330 g/mol. The normalized spacial score (nSPS) is 27.6. The van der Waals surface area contributed by atoms with E-state index in [2.05, 4.69) is 6.92 Å². The molecule has 0 spiro atoms. The van der Waals surface area contributed by atoms with Gasteiger partial charge in [0.2, 0.25) is 0 Å². The Hall–Kier alpha value is -1.59. The van der Waals surface area contributed by atoms with Crippen molar-refractivity contribution in [2.75, 3.05) is 6.61 Å². The van der Waals surface area contributed by atoms with Crippen molar-refractivity contribution in [3.05, 3.63) is 30.3 Å². The van der Waals surface area contributed by atoms with Gasteiger partial charge in [-0.05, 0) is 44.7 Å². The van der Waals surface area contributed by atoms with Gasteiger partial charge in [0, 0.05) is 6.61 Å². The summed E-state index contributed by atoms with van der Waals surface area (Å²) in [5.41, 5.74) is 5.93. The average molecular weight is 363 g/mol. The minimum Gasteiger partial charge on any atom is -0.488 e. The minimum atomic E-state index is -0.551. The summed E-state index contributed by atoms with van der Waals surface area (Å²) < 4.78 is 18.0. The average Bonchev–Trinajstić information content (AvgIpc) is 2.64. The van der Waals surface area contributed by atoms with E-state index in [-0.39, 0.29) is 18.2 Å². The lowest BCUT2D eigenvalue weighted by molar-refractivity contribution is -0.164. The Labute approximate surface area is 157 Å². The number of cyclic esters (lactones) is 1. The lowest BCUT2D eigenvalue weighted by Gasteiger charge is -2.33. The van der Waals surface area contributed by atoms with Crippen molar-refractivity contribution in [3.8, 4) is 5.75 Å². The first-order valence-electron chi connectivity index (χ1n) is 9.91. The van der Waals surface area contributed by atoms with Crippen LogP contribution in [0.4, 0.5) is 0 Å². The number of para-hydroxylation sites is 1. The number of nitrogens with two attached hydrogens (primary N) is 1. The highest BCUT2D eigenvalue weighted by Crippen LogP contribution is 2.23. The highest BCUT2D eigenvalue weighted by atomic mass is 16.6. The van der Waals surface area contributed by atoms with Crippen molar-refractivity contribution in [1.82, 2.24) is 0 Å². The number of unbranched alkanes of at least 4 members (excludes halogenated alkanes) is 2. The van der Waals surface area contributed by atoms with Gasteiger partial charge in [-0.1, -0.05) is 44.4 Å². The molecule has 1 heterocycles. The van der Waals surface area contributed by atoms with Gasteiger partial charge < -0.3 is 19.9 Å². The van der Waals surface area contributed by atoms with Crippen molar-refractivity contribution in [2.45, 2.75) is 83.1 Å². The molecule has 0 saturated carbocycles. The third kappa shape index (κ3) is 6.61. The second kappa shape index (κ2) is 11.2. The number of hydrogen-bond donors (Lipinski definition) is 1. The van der Waals surface area contributed by atoms with Gasteiger partial charge in [-0.3, -0.25) is 4.79 Å². The van der Waals surface area contributed by atoms with E-state index in [1.807, 2.05) is 37.3 Å². The van der Waals surface area contributed by atoms with Crippen molar-refractivity contribution >= 4 is 5.97 Å². The quantitative estimate of drug-likeness (QED) is 0.589. The zero-order valence-electron chi connectivity index (χ0n) is 16.1. The molecule has 5 nitrogen and oxygen atoms in total. The predicted octanol–water partition coefficient (Wildman–Crippen LogP) is 3.84. The zero-order chi connectivity index (χ0) is 18.8. The Morgan fingerprint density at radius 3 is 2.62 bits per heavy atom. The van der Waals surface area contributed by atoms with E-state index in [1.165, 1.54) is 0 Å². The first-order valence-corrected chi connectivity index (χ1v) is 9.91. The molecule has 0 unspecified atom stereocenters. The Balaban J connectivity index is 2.12. The van der Waals surface area contributed by atoms with Crippen LogP contribution in [0.25, 0.3) is 0 Å². The summed E-state index contributed by atoms with van der Waals surface area (Å²) in [5.74, 6) is 0.465. The van der Waals surface area contributed by atoms with Crippen molar-refractivity contribution in [1.29, 1.82) is 0 Å². The molecular formula is C21H33NO4. The topological polar surface area (TPSA) is 70.8 Å². The smallest absolute Gasteiger partial charge is 0.323 e. The lowest BCUT2D eigenvalue weighted by Crippen LogP contribution is -2.46. The molecule has 1 fully saturated rings. The van der Waals surface area contributed by atoms with E-state index < -0.39 is 12.1 Å². The van der Waals surface area contributed by atoms with Gasteiger partial charge in [-0.2, -0.15) is 0 Å². The van der Waals surface area contributed by atoms with E-state index in [4.69, 9.17) is 19.9 Å². The van der Waals surface area contributed by atoms with Crippen LogP contribution in [0.15, 0.2) is 30.3 Å². The van der Waals surface area contributed by atoms with Gasteiger partial charge in [0.05, 0.1) is 0 Å². The lowest BCUT2D eigenvalue weighted by atomic mass is 9.99. The number of ether oxygens (including phenoxy) is 3. The summed E-state index contributed by atoms with van der Waals surface area (Å²) >= 11 is 0. The molecule has 146 valence electrons. The van der Waals surface area contributed by atoms with Crippen LogP contribution in [0.1, 0.15) is 58.8 Å². The molecule has 0 amide bonds. The molecule has 2 N–H and O–H groups in total. The maximum absolute atomic E-state index is 12.2. The van der Waals surface area contributed by atoms with E-state index in [0.717, 1.165) is 44.3 Å². The Kier molecular flexibility index (Phi) is 8.92. The number of carbonyl (C=O) groups excluding carboxylic acids is 1. The van der Waals surface area contributed by atoms with Crippen LogP contribution in [0.3, 0.4) is 0 Å². The van der Waals surface area contributed by atoms with Crippen LogP contribution in [0, 0.1) is 0 Å². The molecule has 1 aliphatic heterocycles. The fourth-order valence-corrected chi connectivity index (χ4v) is 3.25. The van der Waals surface area contributed by atoms with Crippen molar-refractivity contribution < 1.29 is 19.0 Å². The van der Waals surface area contributed by atoms with Crippen molar-refractivity contribution in [2.24, 2.45) is 5.73 Å². The summed E-state index contributed by atoms with van der Waals surface area (Å²) in [4.78, 5) is 12.2. The molecule has 1 aliphatic rings. The fraction of sp³-hybridized carbons (Fsp3) is 0.667. The number of rotatable bonds is 7. The Bertz CT molecular complexity index is 522. The zero-order valence-corrected chi connectivity index (χ0v) is 16.1. The van der Waals surface area contributed by atoms with E-state index in [9.17, 15) is 4.79 Å². The predicted molar refractivity (Wildman–Crippen MR) is 102 cm³/mol. The summed E-state index contributed by atoms with van der Waals surface area (Å²) in [6.45, 7) is 4.68. The fourth-order valence-electron chi connectivity index (χ4n) is 3.25. The molecule has 2 rings (SSSR count). The molecule has 0 aromatic heterocycles. The standard InChI is InChI=1S/C21H33NO4/c1-3-4-10-15-24-20-16(2)25-21(23)18(22)13-8-9-14-19(20)26-17-11-6-5-7-12-17/h5-7,11-12,16,18-20H,3-4,8-10,13-15,22H2,1-2H3/t16-,18-,19-,20-/m0/s1. The van der Waals surface area contributed by atoms with Gasteiger partial charge in [0.25, 0.3) is 0 Å². The molecule has 1 saturated heterocycles. The van der Waals surface area contributed by atoms with E-state index >= 15 is 0 Å². The molecule has 0 aliphatic carbocycles. The van der Waals surface area contributed by atoms with Gasteiger partial charge >= 0.3 is 5.97 Å². The molecule has 0 radical (unpaired) electrons. The monoisotopic (exact) mass is 363 g/mol. The maximum atomic E-state index is 12.2. The SMILES string of the molecule is CCCCCO[C@H]1[C@H](C)OC(=O)[C@@H](N)CCCC[C@@H]1Oc1ccccc1. The van der Waals surface area contributed by atoms with Crippen LogP contribution < -0.4 is 10.5 Å². The van der Waals surface area contributed by atoms with Crippen LogP contribution in [0.2, 0.25) is 0 Å². The summed E-state index contributed by atoms with van der Waals surface area (Å²) in [5, 5.41) is 0. The van der Waals surface area contributed by atoms with Gasteiger partial charge in [-0.15, -0.1) is 0 Å². The molecule has 1 aromatic rings. The van der Waals surface area contributed by atoms with Crippen LogP contribution >= 0.6 is 0 Å². The van der Waals surface area contributed by atoms with Crippen molar-refractivity contribution in [3.63, 3.8) is 0 Å². The van der Waals surface area contributed by atoms with Crippen LogP contribution in [0.5, 0.6) is 5.75 Å². The number of esters is 1. The number of hydrogen-bond acceptors (Lipinski definition) is 5. The number of benzene rings is 1. The largest absolute Gasteiger partial charge is 0.488 e. The highest BCUT2D eigenvalue weighted by molar-refractivity contribution is 5.75. The highest BCUT2D eigenvalue weighted by Gasteiger charge is 2.34. The third-order valence-corrected chi connectivity index (χ3v) is 4.78. The summed E-state index contributed by atoms with van der Waals surface area (Å²) in [7, 11) is 0. The number of carbonyl (C=O) groups is 1. The second-order valence-electron chi connectivity index (χ2n) is 7.04. The van der Waals surface area contributed by atoms with E-state index in [1.54, 1.807) is 0 Å². The van der Waals surface area contributed by atoms with Gasteiger partial charge in [0.15, 0.2) is 0 Å². The third-order valence-electron chi connectivity index (χ3n) is 4.78. The van der Waals surface area contributed by atoms with Gasteiger partial charge in [-0.25, -0.2) is 0 Å². The maximum Gasteiger partial charge on any atom is 0.323 e. The minimum absolute atomic E-state index is 0.156. The van der Waals surface area contributed by atoms with Gasteiger partial charge in [0.1, 0.15) is 30.1 Å². The molecule has 26 heavy (non-hydrogen) atoms. The molecule has 0 bridgehead atoms. The van der Waals surface area contributed by atoms with Crippen LogP contribution in [-0.2, 0) is 14.3 Å². The summed E-state index contributed by atoms with van der Waals surface area (Å²) in [6.07, 6.45) is 5.70. The van der Waals surface area contributed by atoms with E-state index in [0.29, 0.717) is 13.0 Å². The summed E-state index contributed by atoms with van der Waals surface area (Å²) in [6, 6.07) is 9.21. The Morgan fingerprint density at radius 1 is 1.15 bits per heavy atom. The molecule has 1 aromatic carbocycles. The first kappa shape index (κ1) is 20.7. The second-order valence-corrected chi connectivity index (χ2v) is 7.04. The van der Waals surface area contributed by atoms with Crippen LogP contribution in [-0.4, -0.2) is 36.9 Å².